The van der Waals surface area contributed by atoms with Gasteiger partial charge in [0.25, 0.3) is 0 Å². The van der Waals surface area contributed by atoms with Gasteiger partial charge in [-0.15, -0.1) is 0 Å². The van der Waals surface area contributed by atoms with E-state index < -0.39 is 0 Å². The number of benzene rings is 2. The zero-order valence-electron chi connectivity index (χ0n) is 15.5. The van der Waals surface area contributed by atoms with Gasteiger partial charge in [0.2, 0.25) is 0 Å². The van der Waals surface area contributed by atoms with E-state index in [1.807, 2.05) is 18.2 Å². The Hall–Kier alpha value is -1.96. The molecule has 1 atom stereocenters. The van der Waals surface area contributed by atoms with Gasteiger partial charge in [0.05, 0.1) is 18.7 Å². The third kappa shape index (κ3) is 4.54. The van der Waals surface area contributed by atoms with Crippen LogP contribution in [-0.2, 0) is 4.74 Å². The molecule has 0 radical (unpaired) electrons. The number of nitrogens with one attached hydrogen (secondary N) is 2. The van der Waals surface area contributed by atoms with Crippen LogP contribution in [0.3, 0.4) is 0 Å². The SMILES string of the molecule is Fc1cc(OCCCOC[C@@H]2CCCN2)ccc1-c1n[nH]c2cc(Br)ccc12. The highest BCUT2D eigenvalue weighted by molar-refractivity contribution is 9.10. The largest absolute Gasteiger partial charge is 0.493 e. The van der Waals surface area contributed by atoms with Crippen molar-refractivity contribution in [1.82, 2.24) is 15.5 Å². The molecule has 0 bridgehead atoms. The molecule has 1 fully saturated rings. The minimum Gasteiger partial charge on any atom is -0.493 e. The number of hydrogen-bond acceptors (Lipinski definition) is 4. The third-order valence-corrected chi connectivity index (χ3v) is 5.40. The molecule has 4 rings (SSSR count). The number of fused-ring (bicyclic) bond motifs is 1. The molecule has 1 aliphatic heterocycles. The number of hydrogen-bond donors (Lipinski definition) is 2. The van der Waals surface area contributed by atoms with Crippen molar-refractivity contribution >= 4 is 26.8 Å². The molecule has 7 heteroatoms. The molecule has 0 unspecified atom stereocenters. The van der Waals surface area contributed by atoms with E-state index in [9.17, 15) is 4.39 Å². The third-order valence-electron chi connectivity index (χ3n) is 4.90. The summed E-state index contributed by atoms with van der Waals surface area (Å²) in [5.41, 5.74) is 1.91. The molecular weight excluding hydrogens is 425 g/mol. The minimum absolute atomic E-state index is 0.350. The molecule has 1 aliphatic rings. The number of nitrogens with zero attached hydrogens (tertiary/aromatic N) is 1. The van der Waals surface area contributed by atoms with Gasteiger partial charge in [-0.1, -0.05) is 15.9 Å². The second kappa shape index (κ2) is 9.03. The fourth-order valence-electron chi connectivity index (χ4n) is 3.45. The molecule has 0 spiro atoms. The van der Waals surface area contributed by atoms with Crippen molar-refractivity contribution in [2.75, 3.05) is 26.4 Å². The van der Waals surface area contributed by atoms with Crippen molar-refractivity contribution in [3.8, 4) is 17.0 Å². The maximum Gasteiger partial charge on any atom is 0.136 e. The van der Waals surface area contributed by atoms with Crippen LogP contribution in [0.1, 0.15) is 19.3 Å². The lowest BCUT2D eigenvalue weighted by Crippen LogP contribution is -2.27. The monoisotopic (exact) mass is 447 g/mol. The summed E-state index contributed by atoms with van der Waals surface area (Å²) in [7, 11) is 0. The Morgan fingerprint density at radius 1 is 1.18 bits per heavy atom. The first-order valence-corrected chi connectivity index (χ1v) is 10.4. The number of aromatic amines is 1. The molecule has 0 amide bonds. The first-order valence-electron chi connectivity index (χ1n) is 9.58. The van der Waals surface area contributed by atoms with Crippen LogP contribution in [0.25, 0.3) is 22.2 Å². The molecule has 2 heterocycles. The van der Waals surface area contributed by atoms with Gasteiger partial charge >= 0.3 is 0 Å². The second-order valence-electron chi connectivity index (χ2n) is 6.97. The van der Waals surface area contributed by atoms with Gasteiger partial charge in [0.15, 0.2) is 0 Å². The summed E-state index contributed by atoms with van der Waals surface area (Å²) in [6.45, 7) is 2.98. The van der Waals surface area contributed by atoms with Gasteiger partial charge in [0, 0.05) is 40.6 Å². The summed E-state index contributed by atoms with van der Waals surface area (Å²) in [5, 5.41) is 11.5. The summed E-state index contributed by atoms with van der Waals surface area (Å²) in [6, 6.07) is 11.2. The van der Waals surface area contributed by atoms with Crippen LogP contribution in [0.5, 0.6) is 5.75 Å². The lowest BCUT2D eigenvalue weighted by Gasteiger charge is -2.11. The normalized spacial score (nSPS) is 16.7. The van der Waals surface area contributed by atoms with Crippen LogP contribution >= 0.6 is 15.9 Å². The molecule has 0 aliphatic carbocycles. The van der Waals surface area contributed by atoms with Crippen molar-refractivity contribution in [3.05, 3.63) is 46.7 Å². The number of H-pyrrole nitrogens is 1. The van der Waals surface area contributed by atoms with Crippen LogP contribution in [0.4, 0.5) is 4.39 Å². The van der Waals surface area contributed by atoms with Crippen LogP contribution in [0.15, 0.2) is 40.9 Å². The zero-order chi connectivity index (χ0) is 19.3. The number of ether oxygens (including phenoxy) is 2. The van der Waals surface area contributed by atoms with E-state index in [2.05, 4.69) is 31.4 Å². The summed E-state index contributed by atoms with van der Waals surface area (Å²) in [4.78, 5) is 0. The predicted molar refractivity (Wildman–Crippen MR) is 111 cm³/mol. The van der Waals surface area contributed by atoms with Crippen LogP contribution in [0, 0.1) is 5.82 Å². The molecule has 28 heavy (non-hydrogen) atoms. The fraction of sp³-hybridized carbons (Fsp3) is 0.381. The highest BCUT2D eigenvalue weighted by atomic mass is 79.9. The van der Waals surface area contributed by atoms with Crippen molar-refractivity contribution in [2.45, 2.75) is 25.3 Å². The summed E-state index contributed by atoms with van der Waals surface area (Å²) in [6.07, 6.45) is 3.18. The van der Waals surface area contributed by atoms with Gasteiger partial charge in [0.1, 0.15) is 17.3 Å². The maximum atomic E-state index is 14.6. The number of halogens is 2. The fourth-order valence-corrected chi connectivity index (χ4v) is 3.81. The van der Waals surface area contributed by atoms with Crippen molar-refractivity contribution in [2.24, 2.45) is 0 Å². The van der Waals surface area contributed by atoms with Crippen LogP contribution in [0.2, 0.25) is 0 Å². The van der Waals surface area contributed by atoms with E-state index in [0.29, 0.717) is 36.3 Å². The molecule has 1 aromatic heterocycles. The molecule has 2 N–H and O–H groups in total. The lowest BCUT2D eigenvalue weighted by molar-refractivity contribution is 0.104. The molecular formula is C21H23BrFN3O2. The zero-order valence-corrected chi connectivity index (χ0v) is 17.1. The van der Waals surface area contributed by atoms with E-state index in [1.165, 1.54) is 18.9 Å². The van der Waals surface area contributed by atoms with E-state index >= 15 is 0 Å². The number of aromatic nitrogens is 2. The topological polar surface area (TPSA) is 59.2 Å². The van der Waals surface area contributed by atoms with Gasteiger partial charge in [-0.05, 0) is 49.7 Å². The van der Waals surface area contributed by atoms with E-state index in [1.54, 1.807) is 12.1 Å². The van der Waals surface area contributed by atoms with Crippen molar-refractivity contribution < 1.29 is 13.9 Å². The molecule has 148 valence electrons. The first-order chi connectivity index (χ1) is 13.7. The highest BCUT2D eigenvalue weighted by Crippen LogP contribution is 2.31. The Morgan fingerprint density at radius 3 is 2.93 bits per heavy atom. The Bertz CT molecular complexity index is 941. The average molecular weight is 448 g/mol. The van der Waals surface area contributed by atoms with E-state index in [4.69, 9.17) is 9.47 Å². The Kier molecular flexibility index (Phi) is 6.24. The smallest absolute Gasteiger partial charge is 0.136 e. The average Bonchev–Trinajstić information content (AvgIpc) is 3.34. The lowest BCUT2D eigenvalue weighted by atomic mass is 10.1. The van der Waals surface area contributed by atoms with Crippen LogP contribution < -0.4 is 10.1 Å². The maximum absolute atomic E-state index is 14.6. The quantitative estimate of drug-likeness (QED) is 0.492. The standard InChI is InChI=1S/C21H23BrFN3O2/c22-14-4-6-18-20(11-14)25-26-21(18)17-7-5-16(12-19(17)23)28-10-2-9-27-13-15-3-1-8-24-15/h4-7,11-12,15,24H,1-3,8-10,13H2,(H,25,26)/t15-/m0/s1. The molecule has 5 nitrogen and oxygen atoms in total. The van der Waals surface area contributed by atoms with Gasteiger partial charge < -0.3 is 14.8 Å². The first kappa shape index (κ1) is 19.4. The Morgan fingerprint density at radius 2 is 2.11 bits per heavy atom. The Balaban J connectivity index is 1.31. The predicted octanol–water partition coefficient (Wildman–Crippen LogP) is 4.67. The molecule has 0 saturated carbocycles. The van der Waals surface area contributed by atoms with Crippen molar-refractivity contribution in [3.63, 3.8) is 0 Å². The van der Waals surface area contributed by atoms with Gasteiger partial charge in [-0.25, -0.2) is 4.39 Å². The minimum atomic E-state index is -0.350. The number of rotatable bonds is 8. The summed E-state index contributed by atoms with van der Waals surface area (Å²) < 4.78 is 26.9. The van der Waals surface area contributed by atoms with Gasteiger partial charge in [-0.3, -0.25) is 5.10 Å². The molecule has 3 aromatic rings. The summed E-state index contributed by atoms with van der Waals surface area (Å²) >= 11 is 3.43. The van der Waals surface area contributed by atoms with E-state index in [0.717, 1.165) is 34.9 Å². The van der Waals surface area contributed by atoms with Crippen LogP contribution in [-0.4, -0.2) is 42.6 Å². The highest BCUT2D eigenvalue weighted by Gasteiger charge is 2.14. The molecule has 1 saturated heterocycles. The van der Waals surface area contributed by atoms with Crippen molar-refractivity contribution in [1.29, 1.82) is 0 Å². The molecule has 2 aromatic carbocycles. The van der Waals surface area contributed by atoms with E-state index in [-0.39, 0.29) is 5.82 Å². The summed E-state index contributed by atoms with van der Waals surface area (Å²) in [5.74, 6) is 0.165. The second-order valence-corrected chi connectivity index (χ2v) is 7.89. The van der Waals surface area contributed by atoms with Gasteiger partial charge in [-0.2, -0.15) is 5.10 Å². The Labute approximate surface area is 171 Å².